The van der Waals surface area contributed by atoms with Crippen molar-refractivity contribution in [2.45, 2.75) is 36.0 Å². The molecule has 1 aromatic carbocycles. The Balaban J connectivity index is 2.25. The normalized spacial score (nSPS) is 19.8. The molecule has 1 aliphatic carbocycles. The number of benzene rings is 1. The number of hydrogen-bond acceptors (Lipinski definition) is 2. The molecule has 0 saturated heterocycles. The minimum atomic E-state index is -3.46. The number of nitrogens with one attached hydrogen (secondary N) is 1. The van der Waals surface area contributed by atoms with E-state index in [1.165, 1.54) is 0 Å². The van der Waals surface area contributed by atoms with Gasteiger partial charge in [0.15, 0.2) is 9.84 Å². The van der Waals surface area contributed by atoms with E-state index in [0.29, 0.717) is 0 Å². The molecule has 1 unspecified atom stereocenters. The van der Waals surface area contributed by atoms with Gasteiger partial charge < -0.3 is 0 Å². The number of rotatable bonds is 3. The Morgan fingerprint density at radius 3 is 2.25 bits per heavy atom. The second kappa shape index (κ2) is 4.55. The summed E-state index contributed by atoms with van der Waals surface area (Å²) >= 11 is 0. The maximum Gasteiger partial charge on any atom is 0.195 e. The van der Waals surface area contributed by atoms with Gasteiger partial charge in [-0.3, -0.25) is 0 Å². The van der Waals surface area contributed by atoms with Crippen molar-refractivity contribution in [1.29, 1.82) is 0 Å². The van der Waals surface area contributed by atoms with Gasteiger partial charge >= 0.3 is 0 Å². The van der Waals surface area contributed by atoms with Crippen molar-refractivity contribution < 1.29 is 8.42 Å². The van der Waals surface area contributed by atoms with Crippen molar-refractivity contribution in [2.75, 3.05) is 0 Å². The molecule has 1 atom stereocenters. The zero-order valence-electron chi connectivity index (χ0n) is 9.09. The lowest BCUT2D eigenvalue weighted by Gasteiger charge is -2.18. The van der Waals surface area contributed by atoms with Gasteiger partial charge in [-0.15, -0.1) is 0 Å². The van der Waals surface area contributed by atoms with E-state index in [1.54, 1.807) is 30.3 Å². The van der Waals surface area contributed by atoms with Gasteiger partial charge in [0, 0.05) is 0 Å². The molecule has 0 amide bonds. The predicted octanol–water partition coefficient (Wildman–Crippen LogP) is 2.26. The number of hydrogen-bond donors (Lipinski definition) is 0. The zero-order chi connectivity index (χ0) is 11.6. The van der Waals surface area contributed by atoms with Crippen LogP contribution in [0.1, 0.15) is 25.7 Å². The van der Waals surface area contributed by atoms with Crippen LogP contribution in [0.2, 0.25) is 0 Å². The van der Waals surface area contributed by atoms with E-state index in [4.69, 9.17) is 5.73 Å². The maximum atomic E-state index is 12.1. The highest BCUT2D eigenvalue weighted by Crippen LogP contribution is 2.31. The maximum absolute atomic E-state index is 12.1. The highest BCUT2D eigenvalue weighted by molar-refractivity contribution is 7.92. The summed E-state index contributed by atoms with van der Waals surface area (Å²) in [6.45, 7) is 0. The zero-order valence-corrected chi connectivity index (χ0v) is 9.91. The molecule has 4 heteroatoms. The van der Waals surface area contributed by atoms with Crippen LogP contribution < -0.4 is 5.73 Å². The average Bonchev–Trinajstić information content (AvgIpc) is 2.82. The molecule has 0 spiro atoms. The van der Waals surface area contributed by atoms with Crippen LogP contribution >= 0.6 is 0 Å². The lowest BCUT2D eigenvalue weighted by molar-refractivity contribution is 0.483. The molecule has 1 N–H and O–H groups in total. The smallest absolute Gasteiger partial charge is 0.195 e. The predicted molar refractivity (Wildman–Crippen MR) is 62.5 cm³/mol. The van der Waals surface area contributed by atoms with Crippen molar-refractivity contribution in [3.05, 3.63) is 30.3 Å². The minimum Gasteiger partial charge on any atom is -0.238 e. The summed E-state index contributed by atoms with van der Waals surface area (Å²) in [7, 11) is -3.46. The van der Waals surface area contributed by atoms with Gasteiger partial charge in [0.05, 0.1) is 4.90 Å². The first-order chi connectivity index (χ1) is 7.62. The first-order valence-electron chi connectivity index (χ1n) is 5.62. The topological polar surface area (TPSA) is 57.9 Å². The summed E-state index contributed by atoms with van der Waals surface area (Å²) in [5, 5.41) is -0.989. The van der Waals surface area contributed by atoms with E-state index in [9.17, 15) is 8.42 Å². The lowest BCUT2D eigenvalue weighted by Crippen LogP contribution is -2.29. The van der Waals surface area contributed by atoms with Crippen LogP contribution in [-0.2, 0) is 9.84 Å². The summed E-state index contributed by atoms with van der Waals surface area (Å²) in [5.74, 6) is 0.0187. The molecule has 1 aliphatic rings. The van der Waals surface area contributed by atoms with Crippen LogP contribution in [0.25, 0.3) is 0 Å². The fraction of sp³-hybridized carbons (Fsp3) is 0.500. The van der Waals surface area contributed by atoms with Gasteiger partial charge in [-0.05, 0) is 30.9 Å². The minimum absolute atomic E-state index is 0.0187. The van der Waals surface area contributed by atoms with Gasteiger partial charge in [-0.25, -0.2) is 14.2 Å². The van der Waals surface area contributed by atoms with Gasteiger partial charge in [-0.2, -0.15) is 0 Å². The van der Waals surface area contributed by atoms with Gasteiger partial charge in [0.1, 0.15) is 5.37 Å². The third kappa shape index (κ3) is 2.13. The molecule has 1 aromatic rings. The molecule has 2 rings (SSSR count). The van der Waals surface area contributed by atoms with Crippen LogP contribution in [0.4, 0.5) is 0 Å². The third-order valence-electron chi connectivity index (χ3n) is 3.23. The summed E-state index contributed by atoms with van der Waals surface area (Å²) in [6, 6.07) is 8.34. The molecular weight excluding hydrogens is 222 g/mol. The second-order valence-electron chi connectivity index (χ2n) is 4.32. The molecule has 3 nitrogen and oxygen atoms in total. The lowest BCUT2D eigenvalue weighted by atomic mass is 10.1. The molecular formula is C12H16NO2S. The van der Waals surface area contributed by atoms with E-state index < -0.39 is 15.2 Å². The highest BCUT2D eigenvalue weighted by Gasteiger charge is 2.33. The standard InChI is InChI=1S/C12H16NO2S/c13-12(10-6-4-5-7-10)16(14,15)11-8-2-1-3-9-11/h1-3,8-10,12-13H,4-7H2. The highest BCUT2D eigenvalue weighted by atomic mass is 32.2. The SMILES string of the molecule is [NH]C(C1CCCC1)S(=O)(=O)c1ccccc1. The van der Waals surface area contributed by atoms with E-state index in [-0.39, 0.29) is 10.8 Å². The first kappa shape index (κ1) is 11.6. The van der Waals surface area contributed by atoms with Gasteiger partial charge in [0.25, 0.3) is 0 Å². The van der Waals surface area contributed by atoms with E-state index in [1.807, 2.05) is 0 Å². The molecule has 0 aromatic heterocycles. The van der Waals surface area contributed by atoms with Crippen molar-refractivity contribution in [3.8, 4) is 0 Å². The quantitative estimate of drug-likeness (QED) is 0.811. The first-order valence-corrected chi connectivity index (χ1v) is 7.17. The summed E-state index contributed by atoms with van der Waals surface area (Å²) < 4.78 is 24.3. The molecule has 1 radical (unpaired) electrons. The fourth-order valence-electron chi connectivity index (χ4n) is 2.27. The Bertz CT molecular complexity index is 435. The number of sulfone groups is 1. The Morgan fingerprint density at radius 1 is 1.12 bits per heavy atom. The Morgan fingerprint density at radius 2 is 1.69 bits per heavy atom. The largest absolute Gasteiger partial charge is 0.238 e. The molecule has 0 heterocycles. The van der Waals surface area contributed by atoms with Crippen LogP contribution in [-0.4, -0.2) is 13.8 Å². The molecule has 1 fully saturated rings. The van der Waals surface area contributed by atoms with Crippen LogP contribution in [0.5, 0.6) is 0 Å². The van der Waals surface area contributed by atoms with Crippen LogP contribution in [0.3, 0.4) is 0 Å². The van der Waals surface area contributed by atoms with Crippen LogP contribution in [0, 0.1) is 5.92 Å². The monoisotopic (exact) mass is 238 g/mol. The van der Waals surface area contributed by atoms with E-state index in [2.05, 4.69) is 0 Å². The van der Waals surface area contributed by atoms with Crippen molar-refractivity contribution >= 4 is 9.84 Å². The summed E-state index contributed by atoms with van der Waals surface area (Å²) in [4.78, 5) is 0.280. The second-order valence-corrected chi connectivity index (χ2v) is 6.39. The molecule has 0 aliphatic heterocycles. The molecule has 87 valence electrons. The van der Waals surface area contributed by atoms with Crippen molar-refractivity contribution in [1.82, 2.24) is 5.73 Å². The Labute approximate surface area is 96.6 Å². The van der Waals surface area contributed by atoms with Gasteiger partial charge in [0.2, 0.25) is 0 Å². The average molecular weight is 238 g/mol. The summed E-state index contributed by atoms with van der Waals surface area (Å²) in [6.07, 6.45) is 3.87. The summed E-state index contributed by atoms with van der Waals surface area (Å²) in [5.41, 5.74) is 7.92. The molecule has 1 saturated carbocycles. The van der Waals surface area contributed by atoms with Gasteiger partial charge in [-0.1, -0.05) is 31.0 Å². The van der Waals surface area contributed by atoms with Crippen LogP contribution in [0.15, 0.2) is 35.2 Å². The Hall–Kier alpha value is -0.870. The molecule has 16 heavy (non-hydrogen) atoms. The van der Waals surface area contributed by atoms with E-state index >= 15 is 0 Å². The van der Waals surface area contributed by atoms with E-state index in [0.717, 1.165) is 25.7 Å². The molecule has 0 bridgehead atoms. The van der Waals surface area contributed by atoms with Crippen molar-refractivity contribution in [3.63, 3.8) is 0 Å². The third-order valence-corrected chi connectivity index (χ3v) is 5.22. The van der Waals surface area contributed by atoms with Crippen molar-refractivity contribution in [2.24, 2.45) is 5.92 Å². The fourth-order valence-corrected chi connectivity index (χ4v) is 3.88. The Kier molecular flexibility index (Phi) is 3.30.